The quantitative estimate of drug-likeness (QED) is 0.720. The van der Waals surface area contributed by atoms with E-state index in [2.05, 4.69) is 15.4 Å². The van der Waals surface area contributed by atoms with Crippen molar-refractivity contribution in [1.82, 2.24) is 24.0 Å². The molecular weight excluding hydrogens is 406 g/mol. The van der Waals surface area contributed by atoms with Crippen LogP contribution in [0.4, 0.5) is 0 Å². The molecule has 0 bridgehead atoms. The van der Waals surface area contributed by atoms with Crippen molar-refractivity contribution in [3.63, 3.8) is 0 Å². The first-order valence-corrected chi connectivity index (χ1v) is 12.4. The fourth-order valence-corrected chi connectivity index (χ4v) is 6.42. The van der Waals surface area contributed by atoms with Crippen LogP contribution in [0, 0.1) is 0 Å². The van der Waals surface area contributed by atoms with Crippen LogP contribution in [0.1, 0.15) is 67.6 Å². The lowest BCUT2D eigenvalue weighted by atomic mass is 10.0. The maximum absolute atomic E-state index is 13.2. The van der Waals surface area contributed by atoms with E-state index in [-0.39, 0.29) is 18.0 Å². The standard InChI is InChI=1S/C20H33N5O4S/c1-14-12-16(21-20(26)18-13-19(29-22-18)15-4-5-15)6-11-25(14)30(27,28)24-9-7-17(8-10-24)23(2)3/h13-17H,4-12H2,1-3H3,(H,21,26)/t14-,16-/m0/s1. The van der Waals surface area contributed by atoms with Crippen LogP contribution in [0.3, 0.4) is 0 Å². The number of aromatic nitrogens is 1. The van der Waals surface area contributed by atoms with Crippen molar-refractivity contribution < 1.29 is 17.7 Å². The lowest BCUT2D eigenvalue weighted by Gasteiger charge is -2.41. The van der Waals surface area contributed by atoms with Gasteiger partial charge in [0.2, 0.25) is 0 Å². The Morgan fingerprint density at radius 2 is 1.87 bits per heavy atom. The van der Waals surface area contributed by atoms with Crippen LogP contribution < -0.4 is 5.32 Å². The van der Waals surface area contributed by atoms with Gasteiger partial charge in [0.05, 0.1) is 0 Å². The molecule has 3 aliphatic rings. The van der Waals surface area contributed by atoms with Crippen molar-refractivity contribution in [1.29, 1.82) is 0 Å². The van der Waals surface area contributed by atoms with Gasteiger partial charge in [-0.15, -0.1) is 0 Å². The smallest absolute Gasteiger partial charge is 0.282 e. The molecule has 10 heteroatoms. The third-order valence-electron chi connectivity index (χ3n) is 6.67. The highest BCUT2D eigenvalue weighted by Crippen LogP contribution is 2.40. The molecule has 1 saturated carbocycles. The van der Waals surface area contributed by atoms with Gasteiger partial charge in [0.1, 0.15) is 5.76 Å². The number of amides is 1. The molecule has 3 fully saturated rings. The molecule has 1 amide bonds. The molecule has 0 aromatic carbocycles. The molecule has 4 rings (SSSR count). The van der Waals surface area contributed by atoms with Crippen molar-refractivity contribution in [2.45, 2.75) is 69.5 Å². The fourth-order valence-electron chi connectivity index (χ4n) is 4.58. The summed E-state index contributed by atoms with van der Waals surface area (Å²) in [7, 11) is 0.608. The highest BCUT2D eigenvalue weighted by molar-refractivity contribution is 7.86. The van der Waals surface area contributed by atoms with Gasteiger partial charge in [-0.25, -0.2) is 0 Å². The number of nitrogens with zero attached hydrogens (tertiary/aromatic N) is 4. The SMILES string of the molecule is C[C@H]1C[C@@H](NC(=O)c2cc(C3CC3)on2)CCN1S(=O)(=O)N1CCC(N(C)C)CC1. The van der Waals surface area contributed by atoms with Gasteiger partial charge in [-0.3, -0.25) is 4.79 Å². The summed E-state index contributed by atoms with van der Waals surface area (Å²) in [4.78, 5) is 14.7. The molecule has 2 aliphatic heterocycles. The first kappa shape index (κ1) is 21.7. The maximum atomic E-state index is 13.2. The van der Waals surface area contributed by atoms with E-state index in [0.717, 1.165) is 31.4 Å². The van der Waals surface area contributed by atoms with Gasteiger partial charge < -0.3 is 14.7 Å². The molecule has 1 N–H and O–H groups in total. The Balaban J connectivity index is 1.31. The molecule has 1 aromatic rings. The van der Waals surface area contributed by atoms with Crippen LogP contribution in [0.2, 0.25) is 0 Å². The number of carbonyl (C=O) groups excluding carboxylic acids is 1. The van der Waals surface area contributed by atoms with Gasteiger partial charge in [-0.2, -0.15) is 17.0 Å². The summed E-state index contributed by atoms with van der Waals surface area (Å²) in [6.07, 6.45) is 5.08. The minimum atomic E-state index is -3.48. The van der Waals surface area contributed by atoms with Crippen molar-refractivity contribution in [3.8, 4) is 0 Å². The number of rotatable bonds is 6. The first-order valence-electron chi connectivity index (χ1n) is 11.0. The second-order valence-electron chi connectivity index (χ2n) is 9.14. The van der Waals surface area contributed by atoms with Crippen LogP contribution in [0.25, 0.3) is 0 Å². The molecule has 0 radical (unpaired) electrons. The van der Waals surface area contributed by atoms with Crippen molar-refractivity contribution in [2.24, 2.45) is 0 Å². The zero-order chi connectivity index (χ0) is 21.5. The predicted molar refractivity (Wildman–Crippen MR) is 112 cm³/mol. The third-order valence-corrected chi connectivity index (χ3v) is 8.82. The minimum Gasteiger partial charge on any atom is -0.360 e. The van der Waals surface area contributed by atoms with E-state index in [1.807, 2.05) is 21.0 Å². The van der Waals surface area contributed by atoms with Crippen LogP contribution in [-0.4, -0.2) is 84.8 Å². The molecule has 168 valence electrons. The Morgan fingerprint density at radius 1 is 1.17 bits per heavy atom. The topological polar surface area (TPSA) is 99.0 Å². The average Bonchev–Trinajstić information content (AvgIpc) is 3.44. The second kappa shape index (κ2) is 8.57. The summed E-state index contributed by atoms with van der Waals surface area (Å²) in [5.41, 5.74) is 0.309. The summed E-state index contributed by atoms with van der Waals surface area (Å²) in [6, 6.07) is 1.93. The zero-order valence-electron chi connectivity index (χ0n) is 18.1. The predicted octanol–water partition coefficient (Wildman–Crippen LogP) is 1.41. The summed E-state index contributed by atoms with van der Waals surface area (Å²) in [6.45, 7) is 3.45. The van der Waals surface area contributed by atoms with Crippen molar-refractivity contribution in [2.75, 3.05) is 33.7 Å². The summed E-state index contributed by atoms with van der Waals surface area (Å²) >= 11 is 0. The first-order chi connectivity index (χ1) is 14.3. The average molecular weight is 440 g/mol. The van der Waals surface area contributed by atoms with Gasteiger partial charge >= 0.3 is 0 Å². The molecule has 0 unspecified atom stereocenters. The minimum absolute atomic E-state index is 0.0699. The molecule has 1 aromatic heterocycles. The summed E-state index contributed by atoms with van der Waals surface area (Å²) in [5, 5.41) is 6.90. The molecule has 30 heavy (non-hydrogen) atoms. The Labute approximate surface area is 178 Å². The summed E-state index contributed by atoms with van der Waals surface area (Å²) < 4.78 is 34.8. The van der Waals surface area contributed by atoms with E-state index < -0.39 is 10.2 Å². The molecule has 9 nitrogen and oxygen atoms in total. The van der Waals surface area contributed by atoms with Gasteiger partial charge in [0.25, 0.3) is 16.1 Å². The monoisotopic (exact) mass is 439 g/mol. The fraction of sp³-hybridized carbons (Fsp3) is 0.800. The van der Waals surface area contributed by atoms with E-state index in [4.69, 9.17) is 4.52 Å². The molecule has 0 spiro atoms. The van der Waals surface area contributed by atoms with Crippen LogP contribution in [0.15, 0.2) is 10.6 Å². The maximum Gasteiger partial charge on any atom is 0.282 e. The second-order valence-corrected chi connectivity index (χ2v) is 11.0. The van der Waals surface area contributed by atoms with E-state index in [9.17, 15) is 13.2 Å². The Kier molecular flexibility index (Phi) is 6.20. The van der Waals surface area contributed by atoms with Gasteiger partial charge in [-0.1, -0.05) is 5.16 Å². The highest BCUT2D eigenvalue weighted by Gasteiger charge is 2.39. The molecule has 2 saturated heterocycles. The van der Waals surface area contributed by atoms with Crippen LogP contribution >= 0.6 is 0 Å². The Bertz CT molecular complexity index is 858. The lowest BCUT2D eigenvalue weighted by molar-refractivity contribution is 0.0903. The number of hydrogen-bond donors (Lipinski definition) is 1. The number of carbonyl (C=O) groups is 1. The third kappa shape index (κ3) is 4.56. The molecule has 1 aliphatic carbocycles. The van der Waals surface area contributed by atoms with Crippen LogP contribution in [-0.2, 0) is 10.2 Å². The van der Waals surface area contributed by atoms with E-state index in [1.54, 1.807) is 14.7 Å². The lowest BCUT2D eigenvalue weighted by Crippen LogP contribution is -2.56. The Hall–Kier alpha value is -1.49. The van der Waals surface area contributed by atoms with E-state index >= 15 is 0 Å². The zero-order valence-corrected chi connectivity index (χ0v) is 18.9. The Morgan fingerprint density at radius 3 is 2.47 bits per heavy atom. The molecular formula is C20H33N5O4S. The number of nitrogens with one attached hydrogen (secondary N) is 1. The number of piperidine rings is 2. The van der Waals surface area contributed by atoms with E-state index in [0.29, 0.717) is 50.1 Å². The van der Waals surface area contributed by atoms with Crippen molar-refractivity contribution >= 4 is 16.1 Å². The van der Waals surface area contributed by atoms with Crippen molar-refractivity contribution in [3.05, 3.63) is 17.5 Å². The van der Waals surface area contributed by atoms with Gasteiger partial charge in [0.15, 0.2) is 5.69 Å². The van der Waals surface area contributed by atoms with Crippen LogP contribution in [0.5, 0.6) is 0 Å². The normalized spacial score (nSPS) is 27.5. The largest absolute Gasteiger partial charge is 0.360 e. The number of hydrogen-bond acceptors (Lipinski definition) is 6. The molecule has 2 atom stereocenters. The summed E-state index contributed by atoms with van der Waals surface area (Å²) in [5.74, 6) is 0.952. The van der Waals surface area contributed by atoms with Gasteiger partial charge in [-0.05, 0) is 59.5 Å². The molecule has 3 heterocycles. The van der Waals surface area contributed by atoms with Gasteiger partial charge in [0, 0.05) is 49.7 Å². The highest BCUT2D eigenvalue weighted by atomic mass is 32.2. The van der Waals surface area contributed by atoms with E-state index in [1.165, 1.54) is 0 Å².